The molecule has 4 heteroatoms. The molecule has 2 atom stereocenters. The topological polar surface area (TPSA) is 49.8 Å². The Morgan fingerprint density at radius 2 is 2.12 bits per heavy atom. The number of hydrogen-bond acceptors (Lipinski definition) is 3. The van der Waals surface area contributed by atoms with E-state index in [9.17, 15) is 9.90 Å². The number of rotatable bonds is 2. The molecule has 0 saturated carbocycles. The highest BCUT2D eigenvalue weighted by atomic mass is 16.5. The molecule has 0 bridgehead atoms. The Labute approximate surface area is 96.6 Å². The molecule has 0 radical (unpaired) electrons. The normalized spacial score (nSPS) is 32.9. The molecular formula is C12H21NO3. The molecule has 0 aromatic carbocycles. The van der Waals surface area contributed by atoms with Crippen LogP contribution in [0.25, 0.3) is 0 Å². The zero-order valence-corrected chi connectivity index (χ0v) is 10.3. The quantitative estimate of drug-likeness (QED) is 0.753. The monoisotopic (exact) mass is 227 g/mol. The summed E-state index contributed by atoms with van der Waals surface area (Å²) in [6.07, 6.45) is 1.01. The van der Waals surface area contributed by atoms with Gasteiger partial charge >= 0.3 is 0 Å². The Kier molecular flexibility index (Phi) is 2.97. The van der Waals surface area contributed by atoms with Crippen molar-refractivity contribution in [1.29, 1.82) is 0 Å². The minimum absolute atomic E-state index is 0.00622. The highest BCUT2D eigenvalue weighted by Gasteiger charge is 2.47. The van der Waals surface area contributed by atoms with Crippen molar-refractivity contribution < 1.29 is 14.6 Å². The third-order valence-electron chi connectivity index (χ3n) is 3.86. The molecule has 2 aliphatic heterocycles. The van der Waals surface area contributed by atoms with E-state index in [1.807, 2.05) is 20.8 Å². The third kappa shape index (κ3) is 1.96. The summed E-state index contributed by atoms with van der Waals surface area (Å²) in [5.74, 6) is 0.358. The molecule has 2 saturated heterocycles. The first-order chi connectivity index (χ1) is 7.42. The second kappa shape index (κ2) is 4.00. The first kappa shape index (κ1) is 11.9. The smallest absolute Gasteiger partial charge is 0.228 e. The molecule has 4 nitrogen and oxygen atoms in total. The van der Waals surface area contributed by atoms with Gasteiger partial charge in [-0.3, -0.25) is 4.79 Å². The molecule has 1 N–H and O–H groups in total. The molecule has 0 aliphatic carbocycles. The standard InChI is InChI=1S/C12H21NO3/c1-8(2)12(15)6-13(7-12)11(14)10-4-9(3)16-5-10/h8-10,15H,4-7H2,1-3H3. The van der Waals surface area contributed by atoms with E-state index in [-0.39, 0.29) is 23.8 Å². The van der Waals surface area contributed by atoms with Crippen molar-refractivity contribution in [3.8, 4) is 0 Å². The van der Waals surface area contributed by atoms with Gasteiger partial charge in [0, 0.05) is 0 Å². The Morgan fingerprint density at radius 1 is 1.50 bits per heavy atom. The van der Waals surface area contributed by atoms with Crippen molar-refractivity contribution in [3.05, 3.63) is 0 Å². The maximum absolute atomic E-state index is 12.0. The van der Waals surface area contributed by atoms with Crippen LogP contribution < -0.4 is 0 Å². The lowest BCUT2D eigenvalue weighted by Gasteiger charge is -2.49. The summed E-state index contributed by atoms with van der Waals surface area (Å²) in [7, 11) is 0. The van der Waals surface area contributed by atoms with E-state index in [4.69, 9.17) is 4.74 Å². The number of aliphatic hydroxyl groups is 1. The second-order valence-corrected chi connectivity index (χ2v) is 5.53. The average Bonchev–Trinajstić information content (AvgIpc) is 2.58. The van der Waals surface area contributed by atoms with Crippen LogP contribution >= 0.6 is 0 Å². The number of carbonyl (C=O) groups is 1. The number of nitrogens with zero attached hydrogens (tertiary/aromatic N) is 1. The van der Waals surface area contributed by atoms with Crippen LogP contribution in [0, 0.1) is 11.8 Å². The van der Waals surface area contributed by atoms with Crippen molar-refractivity contribution in [1.82, 2.24) is 4.90 Å². The maximum Gasteiger partial charge on any atom is 0.228 e. The van der Waals surface area contributed by atoms with E-state index < -0.39 is 5.60 Å². The number of ether oxygens (including phenoxy) is 1. The third-order valence-corrected chi connectivity index (χ3v) is 3.86. The summed E-state index contributed by atoms with van der Waals surface area (Å²) in [5.41, 5.74) is -0.666. The Morgan fingerprint density at radius 3 is 2.56 bits per heavy atom. The van der Waals surface area contributed by atoms with Crippen LogP contribution in [0.3, 0.4) is 0 Å². The van der Waals surface area contributed by atoms with E-state index in [0.29, 0.717) is 19.7 Å². The van der Waals surface area contributed by atoms with Crippen LogP contribution in [0.15, 0.2) is 0 Å². The minimum atomic E-state index is -0.666. The summed E-state index contributed by atoms with van der Waals surface area (Å²) in [4.78, 5) is 13.8. The summed E-state index contributed by atoms with van der Waals surface area (Å²) in [6.45, 7) is 7.47. The van der Waals surface area contributed by atoms with Crippen molar-refractivity contribution >= 4 is 5.91 Å². The van der Waals surface area contributed by atoms with E-state index in [1.165, 1.54) is 0 Å². The van der Waals surface area contributed by atoms with Crippen LogP contribution in [0.1, 0.15) is 27.2 Å². The second-order valence-electron chi connectivity index (χ2n) is 5.53. The molecule has 2 rings (SSSR count). The van der Waals surface area contributed by atoms with Gasteiger partial charge in [-0.2, -0.15) is 0 Å². The van der Waals surface area contributed by atoms with Crippen molar-refractivity contribution in [2.75, 3.05) is 19.7 Å². The fourth-order valence-electron chi connectivity index (χ4n) is 2.38. The minimum Gasteiger partial charge on any atom is -0.386 e. The predicted molar refractivity (Wildman–Crippen MR) is 59.9 cm³/mol. The molecular weight excluding hydrogens is 206 g/mol. The van der Waals surface area contributed by atoms with Crippen molar-refractivity contribution in [2.24, 2.45) is 11.8 Å². The van der Waals surface area contributed by atoms with Gasteiger partial charge in [0.2, 0.25) is 5.91 Å². The van der Waals surface area contributed by atoms with Crippen LogP contribution in [-0.2, 0) is 9.53 Å². The van der Waals surface area contributed by atoms with E-state index in [0.717, 1.165) is 6.42 Å². The summed E-state index contributed by atoms with van der Waals surface area (Å²) in [5, 5.41) is 10.1. The van der Waals surface area contributed by atoms with Gasteiger partial charge in [0.05, 0.1) is 31.7 Å². The maximum atomic E-state index is 12.0. The summed E-state index contributed by atoms with van der Waals surface area (Å²) >= 11 is 0. The van der Waals surface area contributed by atoms with Gasteiger partial charge in [0.15, 0.2) is 0 Å². The van der Waals surface area contributed by atoms with Crippen molar-refractivity contribution in [2.45, 2.75) is 38.9 Å². The predicted octanol–water partition coefficient (Wildman–Crippen LogP) is 0.641. The van der Waals surface area contributed by atoms with Gasteiger partial charge in [0.1, 0.15) is 5.60 Å². The van der Waals surface area contributed by atoms with Gasteiger partial charge in [-0.15, -0.1) is 0 Å². The Bertz CT molecular complexity index is 284. The van der Waals surface area contributed by atoms with E-state index in [2.05, 4.69) is 0 Å². The lowest BCUT2D eigenvalue weighted by molar-refractivity contribution is -0.167. The molecule has 2 fully saturated rings. The lowest BCUT2D eigenvalue weighted by atomic mass is 9.82. The van der Waals surface area contributed by atoms with Gasteiger partial charge in [-0.1, -0.05) is 13.8 Å². The first-order valence-corrected chi connectivity index (χ1v) is 6.05. The fraction of sp³-hybridized carbons (Fsp3) is 0.917. The zero-order valence-electron chi connectivity index (χ0n) is 10.3. The van der Waals surface area contributed by atoms with Gasteiger partial charge in [-0.05, 0) is 19.3 Å². The van der Waals surface area contributed by atoms with Gasteiger partial charge in [0.25, 0.3) is 0 Å². The molecule has 92 valence electrons. The largest absolute Gasteiger partial charge is 0.386 e. The molecule has 16 heavy (non-hydrogen) atoms. The molecule has 2 heterocycles. The van der Waals surface area contributed by atoms with E-state index in [1.54, 1.807) is 4.90 Å². The number of likely N-dealkylation sites (tertiary alicyclic amines) is 1. The SMILES string of the molecule is CC1CC(C(=O)N2CC(O)(C(C)C)C2)CO1. The Balaban J connectivity index is 1.86. The molecule has 2 unspecified atom stereocenters. The van der Waals surface area contributed by atoms with Crippen LogP contribution in [-0.4, -0.2) is 47.3 Å². The van der Waals surface area contributed by atoms with Crippen LogP contribution in [0.4, 0.5) is 0 Å². The molecule has 0 aromatic rings. The zero-order chi connectivity index (χ0) is 11.9. The number of β-amino-alcohol motifs (C(OH)–C–C–N with tert-alkyl or cyclic N) is 1. The molecule has 0 spiro atoms. The lowest BCUT2D eigenvalue weighted by Crippen LogP contribution is -2.66. The Hall–Kier alpha value is -0.610. The highest BCUT2D eigenvalue weighted by molar-refractivity contribution is 5.80. The van der Waals surface area contributed by atoms with Gasteiger partial charge < -0.3 is 14.7 Å². The number of carbonyl (C=O) groups excluding carboxylic acids is 1. The molecule has 1 amide bonds. The summed E-state index contributed by atoms with van der Waals surface area (Å²) in [6, 6.07) is 0. The van der Waals surface area contributed by atoms with E-state index >= 15 is 0 Å². The van der Waals surface area contributed by atoms with Crippen LogP contribution in [0.2, 0.25) is 0 Å². The van der Waals surface area contributed by atoms with Crippen LogP contribution in [0.5, 0.6) is 0 Å². The molecule has 0 aromatic heterocycles. The average molecular weight is 227 g/mol. The summed E-state index contributed by atoms with van der Waals surface area (Å²) < 4.78 is 5.39. The highest BCUT2D eigenvalue weighted by Crippen LogP contribution is 2.31. The number of hydrogen-bond donors (Lipinski definition) is 1. The fourth-order valence-corrected chi connectivity index (χ4v) is 2.38. The molecule has 2 aliphatic rings. The number of amides is 1. The first-order valence-electron chi connectivity index (χ1n) is 6.05. The van der Waals surface area contributed by atoms with Gasteiger partial charge in [-0.25, -0.2) is 0 Å². The van der Waals surface area contributed by atoms with Crippen molar-refractivity contribution in [3.63, 3.8) is 0 Å².